The summed E-state index contributed by atoms with van der Waals surface area (Å²) in [5.41, 5.74) is 0. The fourth-order valence-electron chi connectivity index (χ4n) is 2.52. The number of unbranched alkanes of at least 4 members (excludes halogenated alkanes) is 6. The third-order valence-corrected chi connectivity index (χ3v) is 3.87. The smallest absolute Gasteiger partial charge is 0.305 e. The summed E-state index contributed by atoms with van der Waals surface area (Å²) in [6.07, 6.45) is 14.4. The summed E-state index contributed by atoms with van der Waals surface area (Å²) in [5.74, 6) is 0.573. The highest BCUT2D eigenvalue weighted by molar-refractivity contribution is 5.69. The molecule has 0 aromatic carbocycles. The average Bonchev–Trinajstić information content (AvgIpc) is 2.44. The van der Waals surface area contributed by atoms with Crippen LogP contribution in [0.5, 0.6) is 0 Å². The van der Waals surface area contributed by atoms with Gasteiger partial charge in [0.15, 0.2) is 0 Å². The van der Waals surface area contributed by atoms with E-state index in [1.165, 1.54) is 64.2 Å². The first kappa shape index (κ1) is 19.5. The molecule has 0 unspecified atom stereocenters. The number of esters is 1. The van der Waals surface area contributed by atoms with E-state index in [1.54, 1.807) is 0 Å². The zero-order valence-corrected chi connectivity index (χ0v) is 14.1. The lowest BCUT2D eigenvalue weighted by atomic mass is 9.95. The molecule has 0 aromatic heterocycles. The van der Waals surface area contributed by atoms with Crippen molar-refractivity contribution in [1.29, 1.82) is 0 Å². The van der Waals surface area contributed by atoms with Crippen molar-refractivity contribution >= 4 is 5.97 Å². The van der Waals surface area contributed by atoms with Crippen molar-refractivity contribution in [3.8, 4) is 0 Å². The molecule has 0 saturated heterocycles. The van der Waals surface area contributed by atoms with Crippen LogP contribution in [0.25, 0.3) is 0 Å². The second-order valence-corrected chi connectivity index (χ2v) is 6.00. The second kappa shape index (κ2) is 14.9. The molecule has 0 atom stereocenters. The fraction of sp³-hybridized carbons (Fsp3) is 0.944. The molecular formula is C18H36O2. The molecule has 0 aliphatic rings. The van der Waals surface area contributed by atoms with Gasteiger partial charge >= 0.3 is 5.97 Å². The van der Waals surface area contributed by atoms with E-state index in [0.29, 0.717) is 18.9 Å². The van der Waals surface area contributed by atoms with Gasteiger partial charge in [-0.05, 0) is 25.2 Å². The first-order chi connectivity index (χ1) is 9.74. The number of carbonyl (C=O) groups is 1. The molecule has 0 spiro atoms. The maximum atomic E-state index is 11.5. The first-order valence-corrected chi connectivity index (χ1v) is 8.90. The molecule has 0 rings (SSSR count). The Morgan fingerprint density at radius 3 is 1.80 bits per heavy atom. The molecule has 0 fully saturated rings. The SMILES string of the molecule is CCCCCCC(CCCCCC)COC(=O)CCC. The van der Waals surface area contributed by atoms with Crippen molar-refractivity contribution in [2.75, 3.05) is 6.61 Å². The minimum atomic E-state index is -0.0142. The number of hydrogen-bond acceptors (Lipinski definition) is 2. The highest BCUT2D eigenvalue weighted by atomic mass is 16.5. The molecule has 0 aromatic rings. The summed E-state index contributed by atoms with van der Waals surface area (Å²) in [4.78, 5) is 11.5. The lowest BCUT2D eigenvalue weighted by Crippen LogP contribution is -2.14. The van der Waals surface area contributed by atoms with E-state index in [-0.39, 0.29) is 5.97 Å². The Morgan fingerprint density at radius 1 is 0.800 bits per heavy atom. The predicted molar refractivity (Wildman–Crippen MR) is 86.9 cm³/mol. The summed E-state index contributed by atoms with van der Waals surface area (Å²) in [5, 5.41) is 0. The molecule has 0 radical (unpaired) electrons. The number of carbonyl (C=O) groups excluding carboxylic acids is 1. The summed E-state index contributed by atoms with van der Waals surface area (Å²) in [6, 6.07) is 0. The highest BCUT2D eigenvalue weighted by Gasteiger charge is 2.11. The van der Waals surface area contributed by atoms with Gasteiger partial charge < -0.3 is 4.74 Å². The van der Waals surface area contributed by atoms with Gasteiger partial charge in [0.25, 0.3) is 0 Å². The minimum Gasteiger partial charge on any atom is -0.465 e. The van der Waals surface area contributed by atoms with E-state index in [4.69, 9.17) is 4.74 Å². The molecule has 0 saturated carbocycles. The van der Waals surface area contributed by atoms with Gasteiger partial charge in [0.05, 0.1) is 6.61 Å². The molecule has 2 heteroatoms. The maximum Gasteiger partial charge on any atom is 0.305 e. The van der Waals surface area contributed by atoms with Gasteiger partial charge in [-0.2, -0.15) is 0 Å². The topological polar surface area (TPSA) is 26.3 Å². The van der Waals surface area contributed by atoms with E-state index >= 15 is 0 Å². The Labute approximate surface area is 126 Å². The fourth-order valence-corrected chi connectivity index (χ4v) is 2.52. The third kappa shape index (κ3) is 12.5. The summed E-state index contributed by atoms with van der Waals surface area (Å²) in [7, 11) is 0. The number of rotatable bonds is 14. The van der Waals surface area contributed by atoms with Crippen LogP contribution in [0.1, 0.15) is 97.8 Å². The molecule has 0 aliphatic heterocycles. The van der Waals surface area contributed by atoms with Gasteiger partial charge in [0, 0.05) is 6.42 Å². The van der Waals surface area contributed by atoms with Crippen molar-refractivity contribution in [2.45, 2.75) is 97.8 Å². The number of hydrogen-bond donors (Lipinski definition) is 0. The van der Waals surface area contributed by atoms with Gasteiger partial charge in [0.1, 0.15) is 0 Å². The Morgan fingerprint density at radius 2 is 1.35 bits per heavy atom. The quantitative estimate of drug-likeness (QED) is 0.294. The number of ether oxygens (including phenoxy) is 1. The Kier molecular flexibility index (Phi) is 14.5. The second-order valence-electron chi connectivity index (χ2n) is 6.00. The van der Waals surface area contributed by atoms with Crippen molar-refractivity contribution in [3.05, 3.63) is 0 Å². The molecule has 0 N–H and O–H groups in total. The Hall–Kier alpha value is -0.530. The van der Waals surface area contributed by atoms with Crippen molar-refractivity contribution in [1.82, 2.24) is 0 Å². The van der Waals surface area contributed by atoms with E-state index in [0.717, 1.165) is 6.42 Å². The minimum absolute atomic E-state index is 0.0142. The molecule has 0 bridgehead atoms. The summed E-state index contributed by atoms with van der Waals surface area (Å²) >= 11 is 0. The molecule has 0 amide bonds. The van der Waals surface area contributed by atoms with Crippen LogP contribution in [-0.4, -0.2) is 12.6 Å². The first-order valence-electron chi connectivity index (χ1n) is 8.90. The van der Waals surface area contributed by atoms with Gasteiger partial charge in [-0.1, -0.05) is 72.1 Å². The van der Waals surface area contributed by atoms with E-state index in [9.17, 15) is 4.79 Å². The van der Waals surface area contributed by atoms with Crippen LogP contribution in [0.4, 0.5) is 0 Å². The zero-order chi connectivity index (χ0) is 15.1. The molecule has 0 aliphatic carbocycles. The molecule has 0 heterocycles. The van der Waals surface area contributed by atoms with Crippen molar-refractivity contribution < 1.29 is 9.53 Å². The summed E-state index contributed by atoms with van der Waals surface area (Å²) in [6.45, 7) is 7.16. The Balaban J connectivity index is 3.87. The van der Waals surface area contributed by atoms with E-state index in [2.05, 4.69) is 13.8 Å². The van der Waals surface area contributed by atoms with E-state index in [1.807, 2.05) is 6.92 Å². The zero-order valence-electron chi connectivity index (χ0n) is 14.1. The van der Waals surface area contributed by atoms with Crippen LogP contribution in [0.15, 0.2) is 0 Å². The largest absolute Gasteiger partial charge is 0.465 e. The highest BCUT2D eigenvalue weighted by Crippen LogP contribution is 2.19. The van der Waals surface area contributed by atoms with Crippen LogP contribution in [0.2, 0.25) is 0 Å². The van der Waals surface area contributed by atoms with Crippen LogP contribution in [0.3, 0.4) is 0 Å². The van der Waals surface area contributed by atoms with Gasteiger partial charge in [-0.3, -0.25) is 4.79 Å². The van der Waals surface area contributed by atoms with Crippen LogP contribution in [-0.2, 0) is 9.53 Å². The predicted octanol–water partition coefficient (Wildman–Crippen LogP) is 5.89. The average molecular weight is 284 g/mol. The monoisotopic (exact) mass is 284 g/mol. The van der Waals surface area contributed by atoms with Crippen molar-refractivity contribution in [2.24, 2.45) is 5.92 Å². The Bertz CT molecular complexity index is 201. The third-order valence-electron chi connectivity index (χ3n) is 3.87. The van der Waals surface area contributed by atoms with Crippen LogP contribution < -0.4 is 0 Å². The lowest BCUT2D eigenvalue weighted by molar-refractivity contribution is -0.145. The van der Waals surface area contributed by atoms with Gasteiger partial charge in [0.2, 0.25) is 0 Å². The van der Waals surface area contributed by atoms with Crippen molar-refractivity contribution in [3.63, 3.8) is 0 Å². The molecule has 120 valence electrons. The molecule has 20 heavy (non-hydrogen) atoms. The molecular weight excluding hydrogens is 248 g/mol. The summed E-state index contributed by atoms with van der Waals surface area (Å²) < 4.78 is 5.42. The normalized spacial score (nSPS) is 11.0. The standard InChI is InChI=1S/C18H36O2/c1-4-7-9-11-14-17(15-12-10-8-5-2)16-20-18(19)13-6-3/h17H,4-16H2,1-3H3. The van der Waals surface area contributed by atoms with Crippen LogP contribution >= 0.6 is 0 Å². The lowest BCUT2D eigenvalue weighted by Gasteiger charge is -2.17. The van der Waals surface area contributed by atoms with Gasteiger partial charge in [-0.15, -0.1) is 0 Å². The maximum absolute atomic E-state index is 11.5. The van der Waals surface area contributed by atoms with E-state index < -0.39 is 0 Å². The molecule has 2 nitrogen and oxygen atoms in total. The van der Waals surface area contributed by atoms with Gasteiger partial charge in [-0.25, -0.2) is 0 Å². The van der Waals surface area contributed by atoms with Crippen LogP contribution in [0, 0.1) is 5.92 Å².